The van der Waals surface area contributed by atoms with Gasteiger partial charge in [-0.15, -0.1) is 0 Å². The summed E-state index contributed by atoms with van der Waals surface area (Å²) in [6.45, 7) is 1.71. The highest BCUT2D eigenvalue weighted by Gasteiger charge is 2.15. The molecule has 1 aromatic carbocycles. The van der Waals surface area contributed by atoms with Crippen LogP contribution >= 0.6 is 27.5 Å². The van der Waals surface area contributed by atoms with Gasteiger partial charge in [-0.3, -0.25) is 9.78 Å². The quantitative estimate of drug-likeness (QED) is 0.880. The molecule has 0 spiro atoms. The lowest BCUT2D eigenvalue weighted by molar-refractivity contribution is 0.0999. The lowest BCUT2D eigenvalue weighted by atomic mass is 10.1. The highest BCUT2D eigenvalue weighted by molar-refractivity contribution is 9.10. The van der Waals surface area contributed by atoms with Crippen LogP contribution in [0.3, 0.4) is 0 Å². The van der Waals surface area contributed by atoms with Crippen molar-refractivity contribution in [3.63, 3.8) is 0 Å². The van der Waals surface area contributed by atoms with Gasteiger partial charge in [-0.05, 0) is 19.1 Å². The Hall–Kier alpha value is -1.13. The molecule has 0 aliphatic carbocycles. The summed E-state index contributed by atoms with van der Waals surface area (Å²) in [6.07, 6.45) is 0. The molecule has 3 nitrogen and oxygen atoms in total. The van der Waals surface area contributed by atoms with Gasteiger partial charge in [0.05, 0.1) is 21.8 Å². The Kier molecular flexibility index (Phi) is 2.86. The minimum Gasteiger partial charge on any atom is -0.365 e. The molecule has 0 atom stereocenters. The van der Waals surface area contributed by atoms with Gasteiger partial charge in [-0.25, -0.2) is 0 Å². The second kappa shape index (κ2) is 4.03. The van der Waals surface area contributed by atoms with Crippen LogP contribution in [0.1, 0.15) is 16.1 Å². The Balaban J connectivity index is 2.89. The van der Waals surface area contributed by atoms with Crippen LogP contribution in [-0.4, -0.2) is 10.9 Å². The van der Waals surface area contributed by atoms with Crippen LogP contribution in [0.4, 0.5) is 0 Å². The molecule has 0 aliphatic rings. The van der Waals surface area contributed by atoms with Gasteiger partial charge in [0, 0.05) is 9.86 Å². The number of pyridine rings is 1. The number of nitrogens with two attached hydrogens (primary N) is 1. The Morgan fingerprint density at radius 1 is 1.50 bits per heavy atom. The lowest BCUT2D eigenvalue weighted by Gasteiger charge is -2.08. The fourth-order valence-electron chi connectivity index (χ4n) is 1.60. The van der Waals surface area contributed by atoms with Gasteiger partial charge in [0.2, 0.25) is 0 Å². The van der Waals surface area contributed by atoms with E-state index in [0.29, 0.717) is 10.7 Å². The average Bonchev–Trinajstić information content (AvgIpc) is 2.15. The SMILES string of the molecule is Cc1nc2cc(Br)ccc2c(Cl)c1C(N)=O. The van der Waals surface area contributed by atoms with Crippen LogP contribution in [0.2, 0.25) is 5.02 Å². The maximum absolute atomic E-state index is 11.2. The molecule has 0 radical (unpaired) electrons. The van der Waals surface area contributed by atoms with Gasteiger partial charge in [-0.1, -0.05) is 33.6 Å². The third-order valence-electron chi connectivity index (χ3n) is 2.31. The zero-order valence-corrected chi connectivity index (χ0v) is 10.8. The van der Waals surface area contributed by atoms with Crippen molar-refractivity contribution in [2.24, 2.45) is 5.73 Å². The van der Waals surface area contributed by atoms with Crippen molar-refractivity contribution < 1.29 is 4.79 Å². The lowest BCUT2D eigenvalue weighted by Crippen LogP contribution is -2.14. The summed E-state index contributed by atoms with van der Waals surface area (Å²) in [5.74, 6) is -0.556. The molecule has 1 amide bonds. The third kappa shape index (κ3) is 1.79. The molecule has 0 aliphatic heterocycles. The predicted octanol–water partition coefficient (Wildman–Crippen LogP) is 3.06. The maximum atomic E-state index is 11.2. The van der Waals surface area contributed by atoms with Gasteiger partial charge >= 0.3 is 0 Å². The Labute approximate surface area is 106 Å². The normalized spacial score (nSPS) is 10.7. The zero-order chi connectivity index (χ0) is 11.9. The van der Waals surface area contributed by atoms with E-state index in [-0.39, 0.29) is 5.56 Å². The molecule has 2 N–H and O–H groups in total. The van der Waals surface area contributed by atoms with E-state index in [4.69, 9.17) is 17.3 Å². The van der Waals surface area contributed by atoms with Gasteiger partial charge in [-0.2, -0.15) is 0 Å². The van der Waals surface area contributed by atoms with Crippen molar-refractivity contribution in [3.8, 4) is 0 Å². The van der Waals surface area contributed by atoms with E-state index >= 15 is 0 Å². The number of fused-ring (bicyclic) bond motifs is 1. The van der Waals surface area contributed by atoms with E-state index in [1.807, 2.05) is 12.1 Å². The number of rotatable bonds is 1. The number of primary amides is 1. The molecule has 1 aromatic heterocycles. The monoisotopic (exact) mass is 298 g/mol. The third-order valence-corrected chi connectivity index (χ3v) is 3.20. The summed E-state index contributed by atoms with van der Waals surface area (Å²) >= 11 is 9.49. The van der Waals surface area contributed by atoms with E-state index in [2.05, 4.69) is 20.9 Å². The van der Waals surface area contributed by atoms with E-state index < -0.39 is 5.91 Å². The Morgan fingerprint density at radius 3 is 2.81 bits per heavy atom. The van der Waals surface area contributed by atoms with Crippen LogP contribution in [0.25, 0.3) is 10.9 Å². The number of nitrogens with zero attached hydrogens (tertiary/aromatic N) is 1. The summed E-state index contributed by atoms with van der Waals surface area (Å²) in [5.41, 5.74) is 6.83. The average molecular weight is 300 g/mol. The number of amides is 1. The molecule has 0 fully saturated rings. The zero-order valence-electron chi connectivity index (χ0n) is 8.42. The van der Waals surface area contributed by atoms with E-state index in [9.17, 15) is 4.79 Å². The van der Waals surface area contributed by atoms with Gasteiger partial charge in [0.25, 0.3) is 5.91 Å². The number of carbonyl (C=O) groups excluding carboxylic acids is 1. The number of aromatic nitrogens is 1. The molecule has 2 rings (SSSR count). The first-order valence-electron chi connectivity index (χ1n) is 4.56. The first-order valence-corrected chi connectivity index (χ1v) is 5.73. The molecular weight excluding hydrogens is 291 g/mol. The minimum absolute atomic E-state index is 0.288. The van der Waals surface area contributed by atoms with Crippen LogP contribution < -0.4 is 5.73 Å². The number of benzene rings is 1. The molecule has 2 aromatic rings. The van der Waals surface area contributed by atoms with E-state index in [1.165, 1.54) is 0 Å². The molecule has 0 bridgehead atoms. The Bertz CT molecular complexity index is 598. The molecule has 0 unspecified atom stereocenters. The second-order valence-corrected chi connectivity index (χ2v) is 4.71. The van der Waals surface area contributed by atoms with Crippen LogP contribution in [0, 0.1) is 6.92 Å². The maximum Gasteiger partial charge on any atom is 0.252 e. The van der Waals surface area contributed by atoms with Crippen LogP contribution in [-0.2, 0) is 0 Å². The highest BCUT2D eigenvalue weighted by Crippen LogP contribution is 2.29. The van der Waals surface area contributed by atoms with Crippen molar-refractivity contribution >= 4 is 44.3 Å². The number of carbonyl (C=O) groups is 1. The van der Waals surface area contributed by atoms with Crippen molar-refractivity contribution in [2.75, 3.05) is 0 Å². The molecule has 5 heteroatoms. The van der Waals surface area contributed by atoms with Crippen molar-refractivity contribution in [3.05, 3.63) is 39.0 Å². The van der Waals surface area contributed by atoms with Crippen LogP contribution in [0.5, 0.6) is 0 Å². The molecular formula is C11H8BrClN2O. The minimum atomic E-state index is -0.556. The number of hydrogen-bond donors (Lipinski definition) is 1. The van der Waals surface area contributed by atoms with Crippen molar-refractivity contribution in [1.29, 1.82) is 0 Å². The second-order valence-electron chi connectivity index (χ2n) is 3.41. The molecule has 16 heavy (non-hydrogen) atoms. The van der Waals surface area contributed by atoms with E-state index in [1.54, 1.807) is 13.0 Å². The summed E-state index contributed by atoms with van der Waals surface area (Å²) in [7, 11) is 0. The molecule has 82 valence electrons. The first-order chi connectivity index (χ1) is 7.50. The molecule has 0 saturated heterocycles. The fraction of sp³-hybridized carbons (Fsp3) is 0.0909. The van der Waals surface area contributed by atoms with Crippen LogP contribution in [0.15, 0.2) is 22.7 Å². The largest absolute Gasteiger partial charge is 0.365 e. The topological polar surface area (TPSA) is 56.0 Å². The number of hydrogen-bond acceptors (Lipinski definition) is 2. The molecule has 1 heterocycles. The summed E-state index contributed by atoms with van der Waals surface area (Å²) in [6, 6.07) is 5.50. The van der Waals surface area contributed by atoms with Crippen molar-refractivity contribution in [1.82, 2.24) is 4.98 Å². The smallest absolute Gasteiger partial charge is 0.252 e. The number of halogens is 2. The van der Waals surface area contributed by atoms with Gasteiger partial charge < -0.3 is 5.73 Å². The first kappa shape index (κ1) is 11.4. The Morgan fingerprint density at radius 2 is 2.19 bits per heavy atom. The van der Waals surface area contributed by atoms with Gasteiger partial charge in [0.15, 0.2) is 0 Å². The van der Waals surface area contributed by atoms with E-state index in [0.717, 1.165) is 15.4 Å². The van der Waals surface area contributed by atoms with Crippen molar-refractivity contribution in [2.45, 2.75) is 6.92 Å². The predicted molar refractivity (Wildman–Crippen MR) is 67.7 cm³/mol. The molecule has 0 saturated carbocycles. The summed E-state index contributed by atoms with van der Waals surface area (Å²) in [4.78, 5) is 15.5. The summed E-state index contributed by atoms with van der Waals surface area (Å²) < 4.78 is 0.912. The van der Waals surface area contributed by atoms with Gasteiger partial charge in [0.1, 0.15) is 0 Å². The summed E-state index contributed by atoms with van der Waals surface area (Å²) in [5, 5.41) is 1.09. The number of aryl methyl sites for hydroxylation is 1. The fourth-order valence-corrected chi connectivity index (χ4v) is 2.34. The highest BCUT2D eigenvalue weighted by atomic mass is 79.9. The standard InChI is InChI=1S/C11H8BrClN2O/c1-5-9(11(14)16)10(13)7-3-2-6(12)4-8(7)15-5/h2-4H,1H3,(H2,14,16).